The normalized spacial score (nSPS) is 24.9. The summed E-state index contributed by atoms with van der Waals surface area (Å²) in [5.74, 6) is 0. The summed E-state index contributed by atoms with van der Waals surface area (Å²) in [7, 11) is 0. The van der Waals surface area contributed by atoms with Crippen LogP contribution >= 0.6 is 12.4 Å². The van der Waals surface area contributed by atoms with Gasteiger partial charge in [0.15, 0.2) is 0 Å². The first-order valence-electron chi connectivity index (χ1n) is 9.14. The maximum absolute atomic E-state index is 13.1. The van der Waals surface area contributed by atoms with Gasteiger partial charge in [0.2, 0.25) is 0 Å². The molecule has 1 saturated heterocycles. The molecule has 0 aromatic heterocycles. The lowest BCUT2D eigenvalue weighted by Gasteiger charge is -2.41. The molecule has 1 aliphatic heterocycles. The zero-order valence-corrected chi connectivity index (χ0v) is 15.7. The first kappa shape index (κ1) is 21.5. The first-order valence-corrected chi connectivity index (χ1v) is 9.14. The summed E-state index contributed by atoms with van der Waals surface area (Å²) in [6.45, 7) is 3.67. The molecule has 26 heavy (non-hydrogen) atoms. The molecular weight excluding hydrogens is 367 g/mol. The molecule has 148 valence electrons. The molecule has 7 heteroatoms. The predicted molar refractivity (Wildman–Crippen MR) is 96.8 cm³/mol. The van der Waals surface area contributed by atoms with Crippen molar-refractivity contribution in [3.8, 4) is 0 Å². The van der Waals surface area contributed by atoms with E-state index in [1.807, 2.05) is 0 Å². The Hall–Kier alpha value is -0.820. The average Bonchev–Trinajstić information content (AvgIpc) is 2.62. The van der Waals surface area contributed by atoms with Crippen molar-refractivity contribution in [2.24, 2.45) is 0 Å². The minimum absolute atomic E-state index is 0. The number of hydrogen-bond acceptors (Lipinski definition) is 3. The van der Waals surface area contributed by atoms with Crippen molar-refractivity contribution in [1.82, 2.24) is 4.90 Å². The van der Waals surface area contributed by atoms with Gasteiger partial charge >= 0.3 is 6.18 Å². The molecule has 1 heterocycles. The number of morpholine rings is 1. The lowest BCUT2D eigenvalue weighted by Crippen LogP contribution is -2.51. The Labute approximate surface area is 159 Å². The van der Waals surface area contributed by atoms with Gasteiger partial charge in [0.25, 0.3) is 0 Å². The van der Waals surface area contributed by atoms with Crippen LogP contribution in [0.15, 0.2) is 24.3 Å². The number of rotatable bonds is 5. The summed E-state index contributed by atoms with van der Waals surface area (Å²) in [5.41, 5.74) is -0.235. The topological polar surface area (TPSA) is 21.7 Å². The molecule has 0 amide bonds. The molecule has 1 saturated carbocycles. The highest BCUT2D eigenvalue weighted by molar-refractivity contribution is 5.85. The molecule has 2 fully saturated rings. The summed E-state index contributed by atoms with van der Waals surface area (Å²) >= 11 is 0. The van der Waals surface area contributed by atoms with E-state index < -0.39 is 11.7 Å². The Morgan fingerprint density at radius 2 is 1.77 bits per heavy atom. The van der Waals surface area contributed by atoms with Gasteiger partial charge in [0.05, 0.1) is 31.5 Å². The fraction of sp³-hybridized carbons (Fsp3) is 0.684. The van der Waals surface area contributed by atoms with Crippen molar-refractivity contribution >= 4 is 12.4 Å². The summed E-state index contributed by atoms with van der Waals surface area (Å²) in [4.78, 5) is 2.43. The van der Waals surface area contributed by atoms with E-state index >= 15 is 0 Å². The standard InChI is InChI=1S/C19H26F3NO2.ClH/c20-19(21,22)16-6-2-1-5-15(16)9-12-25-18-8-4-3-7-17(18)23-10-13-24-14-11-23;/h1-2,5-6,17-18H,3-4,7-14H2;1H/t17-,18+;/m0./s1. The van der Waals surface area contributed by atoms with Crippen LogP contribution < -0.4 is 0 Å². The van der Waals surface area contributed by atoms with Crippen molar-refractivity contribution in [1.29, 1.82) is 0 Å². The molecule has 0 unspecified atom stereocenters. The van der Waals surface area contributed by atoms with Crippen LogP contribution in [0.25, 0.3) is 0 Å². The molecule has 3 nitrogen and oxygen atoms in total. The Kier molecular flexibility index (Phi) is 8.20. The van der Waals surface area contributed by atoms with Crippen LogP contribution in [-0.4, -0.2) is 50.0 Å². The summed E-state index contributed by atoms with van der Waals surface area (Å²) in [6.07, 6.45) is 0.514. The summed E-state index contributed by atoms with van der Waals surface area (Å²) in [6, 6.07) is 6.15. The number of alkyl halides is 3. The Morgan fingerprint density at radius 3 is 2.50 bits per heavy atom. The van der Waals surface area contributed by atoms with Gasteiger partial charge in [0.1, 0.15) is 0 Å². The highest BCUT2D eigenvalue weighted by Gasteiger charge is 2.34. The van der Waals surface area contributed by atoms with Gasteiger partial charge in [-0.2, -0.15) is 13.2 Å². The molecule has 0 radical (unpaired) electrons. The van der Waals surface area contributed by atoms with Crippen LogP contribution in [0.5, 0.6) is 0 Å². The second-order valence-electron chi connectivity index (χ2n) is 6.81. The zero-order chi connectivity index (χ0) is 17.7. The Bertz CT molecular complexity index is 550. The number of nitrogens with zero attached hydrogens (tertiary/aromatic N) is 1. The van der Waals surface area contributed by atoms with E-state index in [1.54, 1.807) is 12.1 Å². The fourth-order valence-corrected chi connectivity index (χ4v) is 3.93. The van der Waals surface area contributed by atoms with Crippen LogP contribution in [0, 0.1) is 0 Å². The maximum atomic E-state index is 13.1. The van der Waals surface area contributed by atoms with Crippen molar-refractivity contribution in [2.45, 2.75) is 50.4 Å². The summed E-state index contributed by atoms with van der Waals surface area (Å²) < 4.78 is 50.7. The largest absolute Gasteiger partial charge is 0.416 e. The van der Waals surface area contributed by atoms with E-state index in [2.05, 4.69) is 4.90 Å². The number of hydrogen-bond donors (Lipinski definition) is 0. The molecule has 0 bridgehead atoms. The molecular formula is C19H27ClF3NO2. The van der Waals surface area contributed by atoms with Crippen molar-refractivity contribution in [3.63, 3.8) is 0 Å². The van der Waals surface area contributed by atoms with Gasteiger partial charge in [0, 0.05) is 19.1 Å². The van der Waals surface area contributed by atoms with Crippen molar-refractivity contribution < 1.29 is 22.6 Å². The minimum Gasteiger partial charge on any atom is -0.379 e. The average molecular weight is 394 g/mol. The smallest absolute Gasteiger partial charge is 0.379 e. The zero-order valence-electron chi connectivity index (χ0n) is 14.8. The van der Waals surface area contributed by atoms with Gasteiger partial charge < -0.3 is 9.47 Å². The van der Waals surface area contributed by atoms with Crippen LogP contribution in [-0.2, 0) is 22.1 Å². The van der Waals surface area contributed by atoms with Crippen molar-refractivity contribution in [3.05, 3.63) is 35.4 Å². The van der Waals surface area contributed by atoms with Gasteiger partial charge in [-0.05, 0) is 30.9 Å². The molecule has 2 atom stereocenters. The molecule has 1 aromatic carbocycles. The highest BCUT2D eigenvalue weighted by Crippen LogP contribution is 2.32. The monoisotopic (exact) mass is 393 g/mol. The van der Waals surface area contributed by atoms with E-state index in [4.69, 9.17) is 9.47 Å². The van der Waals surface area contributed by atoms with Crippen LogP contribution in [0.2, 0.25) is 0 Å². The second kappa shape index (κ2) is 9.93. The Balaban J connectivity index is 0.00000243. The molecule has 2 aliphatic rings. The predicted octanol–water partition coefficient (Wildman–Crippen LogP) is 4.33. The Morgan fingerprint density at radius 1 is 1.08 bits per heavy atom. The van der Waals surface area contributed by atoms with Gasteiger partial charge in [-0.15, -0.1) is 12.4 Å². The lowest BCUT2D eigenvalue weighted by atomic mass is 9.91. The van der Waals surface area contributed by atoms with Crippen molar-refractivity contribution in [2.75, 3.05) is 32.9 Å². The van der Waals surface area contributed by atoms with E-state index in [9.17, 15) is 13.2 Å². The van der Waals surface area contributed by atoms with Gasteiger partial charge in [-0.25, -0.2) is 0 Å². The molecule has 0 N–H and O–H groups in total. The second-order valence-corrected chi connectivity index (χ2v) is 6.81. The third-order valence-electron chi connectivity index (χ3n) is 5.21. The minimum atomic E-state index is -4.31. The highest BCUT2D eigenvalue weighted by atomic mass is 35.5. The molecule has 0 spiro atoms. The third-order valence-corrected chi connectivity index (χ3v) is 5.21. The van der Waals surface area contributed by atoms with Crippen LogP contribution in [0.3, 0.4) is 0 Å². The molecule has 1 aromatic rings. The molecule has 3 rings (SSSR count). The van der Waals surface area contributed by atoms with Crippen LogP contribution in [0.1, 0.15) is 36.8 Å². The number of benzene rings is 1. The SMILES string of the molecule is Cl.FC(F)(F)c1ccccc1CCO[C@@H]1CCCC[C@@H]1N1CCOCC1. The molecule has 1 aliphatic carbocycles. The number of halogens is 4. The van der Waals surface area contributed by atoms with Gasteiger partial charge in [-0.1, -0.05) is 31.0 Å². The third kappa shape index (κ3) is 5.59. The van der Waals surface area contributed by atoms with Crippen LogP contribution in [0.4, 0.5) is 13.2 Å². The van der Waals surface area contributed by atoms with E-state index in [0.29, 0.717) is 24.6 Å². The quantitative estimate of drug-likeness (QED) is 0.743. The fourth-order valence-electron chi connectivity index (χ4n) is 3.93. The lowest BCUT2D eigenvalue weighted by molar-refractivity contribution is -0.138. The maximum Gasteiger partial charge on any atom is 0.416 e. The van der Waals surface area contributed by atoms with E-state index in [-0.39, 0.29) is 18.5 Å². The number of ether oxygens (including phenoxy) is 2. The summed E-state index contributed by atoms with van der Waals surface area (Å²) in [5, 5.41) is 0. The van der Waals surface area contributed by atoms with E-state index in [1.165, 1.54) is 12.5 Å². The van der Waals surface area contributed by atoms with Gasteiger partial charge in [-0.3, -0.25) is 4.90 Å². The first-order chi connectivity index (χ1) is 12.1. The van der Waals surface area contributed by atoms with E-state index in [0.717, 1.165) is 51.6 Å².